The van der Waals surface area contributed by atoms with Gasteiger partial charge in [-0.25, -0.2) is 0 Å². The second-order valence-corrected chi connectivity index (χ2v) is 6.20. The van der Waals surface area contributed by atoms with Crippen LogP contribution in [-0.4, -0.2) is 28.2 Å². The van der Waals surface area contributed by atoms with Gasteiger partial charge in [-0.1, -0.05) is 46.3 Å². The molecular formula is C18H17BrN4O2. The first-order valence-corrected chi connectivity index (χ1v) is 8.55. The number of anilines is 1. The van der Waals surface area contributed by atoms with Crippen LogP contribution in [0.1, 0.15) is 12.0 Å². The fourth-order valence-electron chi connectivity index (χ4n) is 2.41. The Morgan fingerprint density at radius 3 is 2.76 bits per heavy atom. The molecule has 0 aliphatic heterocycles. The minimum atomic E-state index is -0.138. The van der Waals surface area contributed by atoms with E-state index in [2.05, 4.69) is 36.4 Å². The van der Waals surface area contributed by atoms with Gasteiger partial charge in [-0.15, -0.1) is 5.10 Å². The highest BCUT2D eigenvalue weighted by atomic mass is 79.9. The molecule has 1 amide bonds. The van der Waals surface area contributed by atoms with E-state index in [1.165, 1.54) is 0 Å². The summed E-state index contributed by atoms with van der Waals surface area (Å²) >= 11 is 3.48. The first kappa shape index (κ1) is 17.2. The fraction of sp³-hybridized carbons (Fsp3) is 0.167. The SMILES string of the molecule is COc1ccccc1-c1nc(NC(=O)CCc2ccccc2Br)n[nH]1. The van der Waals surface area contributed by atoms with E-state index in [1.807, 2.05) is 48.5 Å². The van der Waals surface area contributed by atoms with E-state index in [9.17, 15) is 4.79 Å². The lowest BCUT2D eigenvalue weighted by molar-refractivity contribution is -0.116. The van der Waals surface area contributed by atoms with E-state index >= 15 is 0 Å². The van der Waals surface area contributed by atoms with Crippen molar-refractivity contribution in [3.63, 3.8) is 0 Å². The number of benzene rings is 2. The molecule has 0 unspecified atom stereocenters. The van der Waals surface area contributed by atoms with Gasteiger partial charge in [0.1, 0.15) is 5.75 Å². The van der Waals surface area contributed by atoms with Crippen molar-refractivity contribution >= 4 is 27.8 Å². The molecule has 25 heavy (non-hydrogen) atoms. The van der Waals surface area contributed by atoms with Crippen LogP contribution in [0.15, 0.2) is 53.0 Å². The van der Waals surface area contributed by atoms with E-state index < -0.39 is 0 Å². The number of halogens is 1. The van der Waals surface area contributed by atoms with Crippen LogP contribution in [-0.2, 0) is 11.2 Å². The number of carbonyl (C=O) groups is 1. The molecule has 0 atom stereocenters. The Balaban J connectivity index is 1.63. The molecule has 2 N–H and O–H groups in total. The number of nitrogens with one attached hydrogen (secondary N) is 2. The number of hydrogen-bond donors (Lipinski definition) is 2. The molecule has 0 saturated heterocycles. The molecule has 0 fully saturated rings. The zero-order valence-corrected chi connectivity index (χ0v) is 15.2. The van der Waals surface area contributed by atoms with E-state index in [0.29, 0.717) is 24.4 Å². The maximum Gasteiger partial charge on any atom is 0.249 e. The number of para-hydroxylation sites is 1. The number of aromatic nitrogens is 3. The van der Waals surface area contributed by atoms with E-state index in [1.54, 1.807) is 7.11 Å². The Labute approximate surface area is 153 Å². The number of nitrogens with zero attached hydrogens (tertiary/aromatic N) is 2. The van der Waals surface area contributed by atoms with Crippen molar-refractivity contribution in [1.29, 1.82) is 0 Å². The fourth-order valence-corrected chi connectivity index (χ4v) is 2.90. The maximum atomic E-state index is 12.1. The first-order valence-electron chi connectivity index (χ1n) is 7.76. The number of aryl methyl sites for hydroxylation is 1. The van der Waals surface area contributed by atoms with Crippen molar-refractivity contribution < 1.29 is 9.53 Å². The smallest absolute Gasteiger partial charge is 0.249 e. The van der Waals surface area contributed by atoms with Crippen molar-refractivity contribution in [2.45, 2.75) is 12.8 Å². The standard InChI is InChI=1S/C18H17BrN4O2/c1-25-15-9-5-3-7-13(15)17-21-18(23-22-17)20-16(24)11-10-12-6-2-4-8-14(12)19/h2-9H,10-11H2,1H3,(H2,20,21,22,23,24). The van der Waals surface area contributed by atoms with Gasteiger partial charge >= 0.3 is 0 Å². The van der Waals surface area contributed by atoms with Gasteiger partial charge in [0, 0.05) is 10.9 Å². The lowest BCUT2D eigenvalue weighted by Crippen LogP contribution is -2.13. The number of methoxy groups -OCH3 is 1. The van der Waals surface area contributed by atoms with Crippen LogP contribution in [0.3, 0.4) is 0 Å². The van der Waals surface area contributed by atoms with Crippen LogP contribution in [0.5, 0.6) is 5.75 Å². The van der Waals surface area contributed by atoms with E-state index in [-0.39, 0.29) is 11.9 Å². The number of hydrogen-bond acceptors (Lipinski definition) is 4. The van der Waals surface area contributed by atoms with Crippen LogP contribution in [0.2, 0.25) is 0 Å². The predicted octanol–water partition coefficient (Wildman–Crippen LogP) is 3.81. The topological polar surface area (TPSA) is 79.9 Å². The molecule has 7 heteroatoms. The summed E-state index contributed by atoms with van der Waals surface area (Å²) < 4.78 is 6.31. The molecule has 0 bridgehead atoms. The number of ether oxygens (including phenoxy) is 1. The third-order valence-corrected chi connectivity index (χ3v) is 4.45. The van der Waals surface area contributed by atoms with Crippen molar-refractivity contribution in [2.75, 3.05) is 12.4 Å². The normalized spacial score (nSPS) is 10.5. The quantitative estimate of drug-likeness (QED) is 0.658. The second kappa shape index (κ2) is 7.94. The number of amides is 1. The molecule has 3 rings (SSSR count). The summed E-state index contributed by atoms with van der Waals surface area (Å²) in [6.07, 6.45) is 0.984. The largest absolute Gasteiger partial charge is 0.496 e. The van der Waals surface area contributed by atoms with Crippen LogP contribution in [0.25, 0.3) is 11.4 Å². The van der Waals surface area contributed by atoms with Gasteiger partial charge in [0.15, 0.2) is 5.82 Å². The zero-order chi connectivity index (χ0) is 17.6. The predicted molar refractivity (Wildman–Crippen MR) is 99.5 cm³/mol. The molecule has 128 valence electrons. The average molecular weight is 401 g/mol. The highest BCUT2D eigenvalue weighted by Gasteiger charge is 2.12. The Bertz CT molecular complexity index is 879. The van der Waals surface area contributed by atoms with Crippen molar-refractivity contribution in [3.8, 4) is 17.1 Å². The molecule has 0 saturated carbocycles. The zero-order valence-electron chi connectivity index (χ0n) is 13.6. The number of carbonyl (C=O) groups excluding carboxylic acids is 1. The third-order valence-electron chi connectivity index (χ3n) is 3.68. The summed E-state index contributed by atoms with van der Waals surface area (Å²) in [5, 5.41) is 9.58. The van der Waals surface area contributed by atoms with Gasteiger partial charge in [-0.3, -0.25) is 15.2 Å². The number of H-pyrrole nitrogens is 1. The molecule has 0 radical (unpaired) electrons. The van der Waals surface area contributed by atoms with Gasteiger partial charge in [0.2, 0.25) is 11.9 Å². The van der Waals surface area contributed by atoms with E-state index in [0.717, 1.165) is 15.6 Å². The van der Waals surface area contributed by atoms with Gasteiger partial charge in [0.05, 0.1) is 12.7 Å². The minimum absolute atomic E-state index is 0.138. The molecule has 0 aliphatic carbocycles. The van der Waals surface area contributed by atoms with Crippen molar-refractivity contribution in [2.24, 2.45) is 0 Å². The maximum absolute atomic E-state index is 12.1. The summed E-state index contributed by atoms with van der Waals surface area (Å²) in [7, 11) is 1.60. The first-order chi connectivity index (χ1) is 12.2. The molecule has 2 aromatic carbocycles. The summed E-state index contributed by atoms with van der Waals surface area (Å²) in [6, 6.07) is 15.3. The Morgan fingerprint density at radius 2 is 1.96 bits per heavy atom. The Morgan fingerprint density at radius 1 is 1.20 bits per heavy atom. The van der Waals surface area contributed by atoms with Gasteiger partial charge < -0.3 is 4.74 Å². The molecule has 1 heterocycles. The summed E-state index contributed by atoms with van der Waals surface area (Å²) in [6.45, 7) is 0. The lowest BCUT2D eigenvalue weighted by atomic mass is 10.1. The molecular weight excluding hydrogens is 384 g/mol. The average Bonchev–Trinajstić information content (AvgIpc) is 3.09. The van der Waals surface area contributed by atoms with Gasteiger partial charge in [-0.05, 0) is 30.2 Å². The van der Waals surface area contributed by atoms with Crippen LogP contribution < -0.4 is 10.1 Å². The number of aromatic amines is 1. The third kappa shape index (κ3) is 4.24. The molecule has 0 spiro atoms. The van der Waals surface area contributed by atoms with Crippen molar-refractivity contribution in [1.82, 2.24) is 15.2 Å². The lowest BCUT2D eigenvalue weighted by Gasteiger charge is -2.04. The van der Waals surface area contributed by atoms with Crippen molar-refractivity contribution in [3.05, 3.63) is 58.6 Å². The van der Waals surface area contributed by atoms with E-state index in [4.69, 9.17) is 4.74 Å². The highest BCUT2D eigenvalue weighted by molar-refractivity contribution is 9.10. The summed E-state index contributed by atoms with van der Waals surface area (Å²) in [5.41, 5.74) is 1.87. The van der Waals surface area contributed by atoms with Gasteiger partial charge in [-0.2, -0.15) is 4.98 Å². The Hall–Kier alpha value is -2.67. The highest BCUT2D eigenvalue weighted by Crippen LogP contribution is 2.27. The molecule has 3 aromatic rings. The van der Waals surface area contributed by atoms with Gasteiger partial charge in [0.25, 0.3) is 0 Å². The Kier molecular flexibility index (Phi) is 5.45. The summed E-state index contributed by atoms with van der Waals surface area (Å²) in [5.74, 6) is 1.34. The molecule has 6 nitrogen and oxygen atoms in total. The second-order valence-electron chi connectivity index (χ2n) is 5.35. The number of rotatable bonds is 6. The molecule has 1 aromatic heterocycles. The van der Waals surface area contributed by atoms with Crippen LogP contribution in [0.4, 0.5) is 5.95 Å². The summed E-state index contributed by atoms with van der Waals surface area (Å²) in [4.78, 5) is 16.4. The minimum Gasteiger partial charge on any atom is -0.496 e. The monoisotopic (exact) mass is 400 g/mol. The molecule has 0 aliphatic rings. The van der Waals surface area contributed by atoms with Crippen LogP contribution >= 0.6 is 15.9 Å². The van der Waals surface area contributed by atoms with Crippen LogP contribution in [0, 0.1) is 0 Å².